The molecule has 1 aromatic carbocycles. The van der Waals surface area contributed by atoms with Crippen LogP contribution in [0.25, 0.3) is 6.08 Å². The van der Waals surface area contributed by atoms with Crippen molar-refractivity contribution >= 4 is 11.8 Å². The summed E-state index contributed by atoms with van der Waals surface area (Å²) in [5.41, 5.74) is 9.76. The van der Waals surface area contributed by atoms with Crippen LogP contribution >= 0.6 is 0 Å². The number of rotatable bonds is 1. The monoisotopic (exact) mass is 186 g/mol. The molecule has 0 aromatic heterocycles. The minimum absolute atomic E-state index is 0.579. The predicted molar refractivity (Wildman–Crippen MR) is 54.0 cm³/mol. The zero-order valence-electron chi connectivity index (χ0n) is 7.66. The van der Waals surface area contributed by atoms with E-state index in [0.29, 0.717) is 13.2 Å². The molecule has 3 heteroatoms. The SMILES string of the molecule is N#C/C=C/c1ccc(N)c2c1COC2. The quantitative estimate of drug-likeness (QED) is 0.537. The highest BCUT2D eigenvalue weighted by molar-refractivity contribution is 5.64. The summed E-state index contributed by atoms with van der Waals surface area (Å²) in [7, 11) is 0. The van der Waals surface area contributed by atoms with Crippen molar-refractivity contribution in [1.82, 2.24) is 0 Å². The molecule has 0 radical (unpaired) electrons. The van der Waals surface area contributed by atoms with E-state index in [1.165, 1.54) is 6.08 Å². The van der Waals surface area contributed by atoms with Gasteiger partial charge in [-0.2, -0.15) is 5.26 Å². The van der Waals surface area contributed by atoms with Gasteiger partial charge >= 0.3 is 0 Å². The molecule has 1 heterocycles. The Morgan fingerprint density at radius 3 is 2.93 bits per heavy atom. The van der Waals surface area contributed by atoms with Gasteiger partial charge in [0.05, 0.1) is 19.3 Å². The Bertz CT molecular complexity index is 430. The summed E-state index contributed by atoms with van der Waals surface area (Å²) in [6.07, 6.45) is 3.25. The zero-order valence-corrected chi connectivity index (χ0v) is 7.66. The number of nitrogens with two attached hydrogens (primary N) is 1. The van der Waals surface area contributed by atoms with Gasteiger partial charge < -0.3 is 10.5 Å². The molecule has 0 saturated carbocycles. The van der Waals surface area contributed by atoms with Crippen LogP contribution in [0.5, 0.6) is 0 Å². The fourth-order valence-corrected chi connectivity index (χ4v) is 1.61. The average Bonchev–Trinajstić information content (AvgIpc) is 2.66. The minimum Gasteiger partial charge on any atom is -0.398 e. The number of nitrogens with zero attached hydrogens (tertiary/aromatic N) is 1. The molecular weight excluding hydrogens is 176 g/mol. The Morgan fingerprint density at radius 2 is 2.14 bits per heavy atom. The third-order valence-corrected chi connectivity index (χ3v) is 2.33. The number of hydrogen-bond donors (Lipinski definition) is 1. The van der Waals surface area contributed by atoms with Crippen LogP contribution in [0.4, 0.5) is 5.69 Å². The fourth-order valence-electron chi connectivity index (χ4n) is 1.61. The van der Waals surface area contributed by atoms with Gasteiger partial charge in [-0.1, -0.05) is 6.07 Å². The van der Waals surface area contributed by atoms with Gasteiger partial charge in [-0.15, -0.1) is 0 Å². The highest BCUT2D eigenvalue weighted by atomic mass is 16.5. The largest absolute Gasteiger partial charge is 0.398 e. The summed E-state index contributed by atoms with van der Waals surface area (Å²) in [4.78, 5) is 0. The zero-order chi connectivity index (χ0) is 9.97. The third-order valence-electron chi connectivity index (χ3n) is 2.33. The fraction of sp³-hybridized carbons (Fsp3) is 0.182. The van der Waals surface area contributed by atoms with Crippen LogP contribution in [-0.2, 0) is 18.0 Å². The van der Waals surface area contributed by atoms with E-state index < -0.39 is 0 Å². The molecule has 0 unspecified atom stereocenters. The summed E-state index contributed by atoms with van der Waals surface area (Å²) in [5, 5.41) is 8.44. The van der Waals surface area contributed by atoms with E-state index in [4.69, 9.17) is 15.7 Å². The van der Waals surface area contributed by atoms with Gasteiger partial charge in [0.2, 0.25) is 0 Å². The van der Waals surface area contributed by atoms with Crippen LogP contribution in [0.2, 0.25) is 0 Å². The van der Waals surface area contributed by atoms with Crippen molar-refractivity contribution in [2.45, 2.75) is 13.2 Å². The molecule has 0 amide bonds. The first kappa shape index (κ1) is 8.79. The van der Waals surface area contributed by atoms with Gasteiger partial charge in [-0.25, -0.2) is 0 Å². The number of benzene rings is 1. The van der Waals surface area contributed by atoms with E-state index in [1.54, 1.807) is 6.08 Å². The number of fused-ring (bicyclic) bond motifs is 1. The molecule has 0 fully saturated rings. The maximum absolute atomic E-state index is 8.44. The maximum atomic E-state index is 8.44. The van der Waals surface area contributed by atoms with Crippen molar-refractivity contribution in [3.63, 3.8) is 0 Å². The van der Waals surface area contributed by atoms with E-state index in [-0.39, 0.29) is 0 Å². The molecular formula is C11H10N2O. The lowest BCUT2D eigenvalue weighted by molar-refractivity contribution is 0.134. The molecule has 0 saturated heterocycles. The molecule has 0 bridgehead atoms. The molecule has 2 rings (SSSR count). The van der Waals surface area contributed by atoms with Crippen LogP contribution < -0.4 is 5.73 Å². The smallest absolute Gasteiger partial charge is 0.0912 e. The number of ether oxygens (including phenoxy) is 1. The molecule has 0 atom stereocenters. The van der Waals surface area contributed by atoms with Crippen LogP contribution in [0.1, 0.15) is 16.7 Å². The lowest BCUT2D eigenvalue weighted by Gasteiger charge is -2.04. The summed E-state index contributed by atoms with van der Waals surface area (Å²) < 4.78 is 5.32. The summed E-state index contributed by atoms with van der Waals surface area (Å²) in [5.74, 6) is 0. The van der Waals surface area contributed by atoms with Gasteiger partial charge in [0.25, 0.3) is 0 Å². The lowest BCUT2D eigenvalue weighted by Crippen LogP contribution is -1.95. The second-order valence-corrected chi connectivity index (χ2v) is 3.16. The first-order chi connectivity index (χ1) is 6.83. The highest BCUT2D eigenvalue weighted by Crippen LogP contribution is 2.29. The molecule has 0 aliphatic carbocycles. The van der Waals surface area contributed by atoms with E-state index in [0.717, 1.165) is 22.4 Å². The van der Waals surface area contributed by atoms with Crippen LogP contribution in [0.3, 0.4) is 0 Å². The molecule has 70 valence electrons. The van der Waals surface area contributed by atoms with Crippen LogP contribution in [-0.4, -0.2) is 0 Å². The molecule has 3 nitrogen and oxygen atoms in total. The van der Waals surface area contributed by atoms with Gasteiger partial charge in [0, 0.05) is 17.3 Å². The number of hydrogen-bond acceptors (Lipinski definition) is 3. The maximum Gasteiger partial charge on any atom is 0.0912 e. The lowest BCUT2D eigenvalue weighted by atomic mass is 10.0. The first-order valence-corrected chi connectivity index (χ1v) is 4.37. The standard InChI is InChI=1S/C11H10N2O/c12-5-1-2-8-3-4-11(13)10-7-14-6-9(8)10/h1-4H,6-7,13H2/b2-1+. The van der Waals surface area contributed by atoms with E-state index in [9.17, 15) is 0 Å². The number of nitriles is 1. The van der Waals surface area contributed by atoms with E-state index in [1.807, 2.05) is 18.2 Å². The first-order valence-electron chi connectivity index (χ1n) is 4.37. The number of allylic oxidation sites excluding steroid dienone is 1. The van der Waals surface area contributed by atoms with E-state index in [2.05, 4.69) is 0 Å². The number of nitrogen functional groups attached to an aromatic ring is 1. The number of anilines is 1. The third kappa shape index (κ3) is 1.36. The van der Waals surface area contributed by atoms with E-state index >= 15 is 0 Å². The Balaban J connectivity index is 2.49. The van der Waals surface area contributed by atoms with Crippen LogP contribution in [0.15, 0.2) is 18.2 Å². The Morgan fingerprint density at radius 1 is 1.36 bits per heavy atom. The average molecular weight is 186 g/mol. The van der Waals surface area contributed by atoms with Gasteiger partial charge in [0.1, 0.15) is 0 Å². The minimum atomic E-state index is 0.579. The van der Waals surface area contributed by atoms with Gasteiger partial charge in [-0.3, -0.25) is 0 Å². The Kier molecular flexibility index (Phi) is 2.21. The molecule has 1 aliphatic heterocycles. The van der Waals surface area contributed by atoms with Crippen molar-refractivity contribution in [3.8, 4) is 6.07 Å². The Labute approximate surface area is 82.4 Å². The van der Waals surface area contributed by atoms with Crippen molar-refractivity contribution in [1.29, 1.82) is 5.26 Å². The second kappa shape index (κ2) is 3.52. The molecule has 14 heavy (non-hydrogen) atoms. The Hall–Kier alpha value is -1.79. The molecule has 1 aromatic rings. The summed E-state index contributed by atoms with van der Waals surface area (Å²) in [6, 6.07) is 5.73. The molecule has 2 N–H and O–H groups in total. The van der Waals surface area contributed by atoms with Gasteiger partial charge in [-0.05, 0) is 23.3 Å². The van der Waals surface area contributed by atoms with Crippen molar-refractivity contribution in [2.24, 2.45) is 0 Å². The second-order valence-electron chi connectivity index (χ2n) is 3.16. The normalized spacial score (nSPS) is 14.2. The molecule has 0 spiro atoms. The van der Waals surface area contributed by atoms with Gasteiger partial charge in [0.15, 0.2) is 0 Å². The van der Waals surface area contributed by atoms with Crippen LogP contribution in [0, 0.1) is 11.3 Å². The van der Waals surface area contributed by atoms with Crippen molar-refractivity contribution < 1.29 is 4.74 Å². The van der Waals surface area contributed by atoms with Crippen molar-refractivity contribution in [2.75, 3.05) is 5.73 Å². The predicted octanol–water partition coefficient (Wildman–Crippen LogP) is 1.84. The topological polar surface area (TPSA) is 59.0 Å². The van der Waals surface area contributed by atoms with Crippen molar-refractivity contribution in [3.05, 3.63) is 34.9 Å². The summed E-state index contributed by atoms with van der Waals surface area (Å²) >= 11 is 0. The highest BCUT2D eigenvalue weighted by Gasteiger charge is 2.16. The summed E-state index contributed by atoms with van der Waals surface area (Å²) in [6.45, 7) is 1.17. The molecule has 1 aliphatic rings.